The predicted molar refractivity (Wildman–Crippen MR) is 185 cm³/mol. The Hall–Kier alpha value is -2.95. The van der Waals surface area contributed by atoms with Crippen LogP contribution in [0.15, 0.2) is 71.4 Å². The van der Waals surface area contributed by atoms with Crippen LogP contribution in [0.2, 0.25) is 0 Å². The van der Waals surface area contributed by atoms with E-state index in [1.165, 1.54) is 5.57 Å². The van der Waals surface area contributed by atoms with Gasteiger partial charge >= 0.3 is 5.97 Å². The lowest BCUT2D eigenvalue weighted by atomic mass is 9.70. The van der Waals surface area contributed by atoms with E-state index >= 15 is 0 Å². The molecule has 1 aliphatic carbocycles. The summed E-state index contributed by atoms with van der Waals surface area (Å²) >= 11 is 0. The molecule has 0 amide bonds. The summed E-state index contributed by atoms with van der Waals surface area (Å²) < 4.78 is 37.4. The van der Waals surface area contributed by atoms with Crippen LogP contribution in [0.1, 0.15) is 79.6 Å². The van der Waals surface area contributed by atoms with Crippen molar-refractivity contribution in [1.82, 2.24) is 0 Å². The van der Waals surface area contributed by atoms with Crippen LogP contribution in [0, 0.1) is 17.8 Å². The molecule has 0 aromatic heterocycles. The van der Waals surface area contributed by atoms with Crippen molar-refractivity contribution in [3.05, 3.63) is 71.4 Å². The number of ether oxygens (including phenoxy) is 6. The minimum atomic E-state index is -1.80. The van der Waals surface area contributed by atoms with Gasteiger partial charge in [-0.1, -0.05) is 56.2 Å². The van der Waals surface area contributed by atoms with Gasteiger partial charge in [0.1, 0.15) is 47.9 Å². The van der Waals surface area contributed by atoms with Crippen molar-refractivity contribution in [2.75, 3.05) is 19.8 Å². The number of hydrogen-bond acceptors (Lipinski definition) is 9. The fourth-order valence-corrected chi connectivity index (χ4v) is 8.33. The van der Waals surface area contributed by atoms with E-state index in [1.54, 1.807) is 18.2 Å². The molecular weight excluding hydrogens is 624 g/mol. The lowest BCUT2D eigenvalue weighted by Gasteiger charge is -2.49. The van der Waals surface area contributed by atoms with E-state index in [-0.39, 0.29) is 31.3 Å². The van der Waals surface area contributed by atoms with Crippen molar-refractivity contribution < 1.29 is 43.4 Å². The number of allylic oxidation sites excluding steroid dienone is 4. The third-order valence-corrected chi connectivity index (χ3v) is 11.0. The van der Waals surface area contributed by atoms with Crippen molar-refractivity contribution in [2.45, 2.75) is 121 Å². The molecule has 49 heavy (non-hydrogen) atoms. The number of carbonyl (C=O) groups is 1. The lowest BCUT2D eigenvalue weighted by molar-refractivity contribution is -0.333. The van der Waals surface area contributed by atoms with E-state index in [0.717, 1.165) is 31.4 Å². The van der Waals surface area contributed by atoms with Gasteiger partial charge in [-0.25, -0.2) is 0 Å². The Morgan fingerprint density at radius 1 is 1.04 bits per heavy atom. The molecule has 268 valence electrons. The lowest BCUT2D eigenvalue weighted by Crippen LogP contribution is -2.59. The second-order valence-electron chi connectivity index (χ2n) is 14.6. The van der Waals surface area contributed by atoms with Crippen molar-refractivity contribution in [3.63, 3.8) is 0 Å². The second-order valence-corrected chi connectivity index (χ2v) is 14.6. The first kappa shape index (κ1) is 35.9. The molecule has 10 atom stereocenters. The minimum Gasteiger partial charge on any atom is -0.494 e. The molecule has 9 nitrogen and oxygen atoms in total. The number of aliphatic hydroxyl groups excluding tert-OH is 1. The average molecular weight is 679 g/mol. The van der Waals surface area contributed by atoms with Gasteiger partial charge in [-0.05, 0) is 87.3 Å². The zero-order valence-corrected chi connectivity index (χ0v) is 29.6. The molecule has 5 unspecified atom stereocenters. The van der Waals surface area contributed by atoms with Crippen molar-refractivity contribution in [1.29, 1.82) is 0 Å². The van der Waals surface area contributed by atoms with E-state index in [2.05, 4.69) is 39.8 Å². The summed E-state index contributed by atoms with van der Waals surface area (Å²) in [7, 11) is 0. The Morgan fingerprint density at radius 2 is 1.80 bits per heavy atom. The number of hydrogen-bond donors (Lipinski definition) is 2. The number of benzene rings is 1. The van der Waals surface area contributed by atoms with Gasteiger partial charge in [0, 0.05) is 19.3 Å². The first-order valence-corrected chi connectivity index (χ1v) is 18.2. The van der Waals surface area contributed by atoms with Gasteiger partial charge in [0.25, 0.3) is 0 Å². The molecule has 3 fully saturated rings. The largest absolute Gasteiger partial charge is 0.494 e. The second kappa shape index (κ2) is 15.1. The highest BCUT2D eigenvalue weighted by Gasteiger charge is 2.60. The van der Waals surface area contributed by atoms with Crippen LogP contribution in [0.5, 0.6) is 11.5 Å². The molecule has 4 heterocycles. The Labute approximate surface area is 290 Å². The van der Waals surface area contributed by atoms with E-state index in [9.17, 15) is 15.0 Å². The SMILES string of the molecule is CCOc1ccc(OCC2=CC3C(=O)OC4CC(C/C=C(\C)C[C@@H](C)/C=C/C=C5\COC([C@@H]2O)[C@@]53O)OC2(CC[C@H](CC)[C@@H](C)O2)C4)cc1. The van der Waals surface area contributed by atoms with Crippen LogP contribution in [0.3, 0.4) is 0 Å². The molecule has 1 aromatic rings. The third-order valence-electron chi connectivity index (χ3n) is 11.0. The normalized spacial score (nSPS) is 41.0. The van der Waals surface area contributed by atoms with Gasteiger partial charge in [-0.2, -0.15) is 0 Å². The molecule has 9 heteroatoms. The van der Waals surface area contributed by atoms with Gasteiger partial charge in [0.2, 0.25) is 0 Å². The molecule has 1 aromatic carbocycles. The van der Waals surface area contributed by atoms with E-state index in [1.807, 2.05) is 31.2 Å². The minimum absolute atomic E-state index is 0.00377. The summed E-state index contributed by atoms with van der Waals surface area (Å²) in [5, 5.41) is 24.0. The number of carbonyl (C=O) groups excluding carboxylic acids is 1. The molecule has 6 rings (SSSR count). The fraction of sp³-hybridized carbons (Fsp3) is 0.625. The van der Waals surface area contributed by atoms with Crippen molar-refractivity contribution in [2.24, 2.45) is 17.8 Å². The highest BCUT2D eigenvalue weighted by atomic mass is 16.7. The Morgan fingerprint density at radius 3 is 2.51 bits per heavy atom. The van der Waals surface area contributed by atoms with E-state index < -0.39 is 41.6 Å². The van der Waals surface area contributed by atoms with Gasteiger partial charge in [0.15, 0.2) is 5.79 Å². The molecule has 0 radical (unpaired) electrons. The van der Waals surface area contributed by atoms with Crippen LogP contribution in [-0.4, -0.2) is 77.9 Å². The van der Waals surface area contributed by atoms with Gasteiger partial charge in [-0.15, -0.1) is 0 Å². The first-order valence-electron chi connectivity index (χ1n) is 18.2. The molecular formula is C40H54O9. The van der Waals surface area contributed by atoms with E-state index in [0.29, 0.717) is 48.7 Å². The van der Waals surface area contributed by atoms with Gasteiger partial charge < -0.3 is 38.6 Å². The Bertz CT molecular complexity index is 1450. The summed E-state index contributed by atoms with van der Waals surface area (Å²) in [6, 6.07) is 7.22. The topological polar surface area (TPSA) is 113 Å². The van der Waals surface area contributed by atoms with Gasteiger partial charge in [-0.3, -0.25) is 4.79 Å². The molecule has 4 aliphatic heterocycles. The average Bonchev–Trinajstić information content (AvgIpc) is 3.40. The quantitative estimate of drug-likeness (QED) is 0.261. The maximum atomic E-state index is 14.4. The van der Waals surface area contributed by atoms with Crippen molar-refractivity contribution >= 4 is 5.97 Å². The summed E-state index contributed by atoms with van der Waals surface area (Å²) in [6.45, 7) is 11.2. The fourth-order valence-electron chi connectivity index (χ4n) is 8.33. The summed E-state index contributed by atoms with van der Waals surface area (Å²) in [5.74, 6) is -0.507. The summed E-state index contributed by atoms with van der Waals surface area (Å²) in [4.78, 5) is 14.4. The van der Waals surface area contributed by atoms with Crippen LogP contribution in [0.4, 0.5) is 0 Å². The molecule has 3 saturated heterocycles. The van der Waals surface area contributed by atoms with Crippen LogP contribution < -0.4 is 9.47 Å². The maximum Gasteiger partial charge on any atom is 0.316 e. The van der Waals surface area contributed by atoms with Crippen LogP contribution in [-0.2, 0) is 23.7 Å². The van der Waals surface area contributed by atoms with Crippen LogP contribution in [0.25, 0.3) is 0 Å². The molecule has 2 N–H and O–H groups in total. The smallest absolute Gasteiger partial charge is 0.316 e. The number of esters is 1. The highest BCUT2D eigenvalue weighted by molar-refractivity contribution is 5.78. The zero-order chi connectivity index (χ0) is 34.8. The molecule has 5 aliphatic rings. The molecule has 1 spiro atoms. The highest BCUT2D eigenvalue weighted by Crippen LogP contribution is 2.47. The monoisotopic (exact) mass is 678 g/mol. The predicted octanol–water partition coefficient (Wildman–Crippen LogP) is 6.38. The van der Waals surface area contributed by atoms with Gasteiger partial charge in [0.05, 0.1) is 25.4 Å². The number of fused-ring (bicyclic) bond motifs is 2. The summed E-state index contributed by atoms with van der Waals surface area (Å²) in [5.41, 5.74) is 0.440. The zero-order valence-electron chi connectivity index (χ0n) is 29.6. The standard InChI is InChI=1S/C40H54O9/c1-6-28-17-18-39(48-27(28)5)22-34-21-33(49-39)12-11-26(4)19-25(3)9-8-10-30-24-46-37-36(41)29(20-35(38(42)47-34)40(30,37)43)23-45-32-15-13-31(14-16-32)44-7-2/h8-11,13-16,20,25,27-28,33-37,41,43H,6-7,12,17-19,21-24H2,1-5H3/b9-8+,26-11+,30-10+/t25-,27+,28-,33?,34?,35?,36+,37?,39?,40+/m0/s1. The number of rotatable bonds is 6. The van der Waals surface area contributed by atoms with Crippen molar-refractivity contribution in [3.8, 4) is 11.5 Å². The number of aliphatic hydroxyl groups is 2. The molecule has 2 bridgehead atoms. The Balaban J connectivity index is 1.32. The Kier molecular flexibility index (Phi) is 11.1. The van der Waals surface area contributed by atoms with E-state index in [4.69, 9.17) is 28.4 Å². The maximum absolute atomic E-state index is 14.4. The first-order chi connectivity index (χ1) is 23.5. The summed E-state index contributed by atoms with van der Waals surface area (Å²) in [6.07, 6.45) is 12.1. The third kappa shape index (κ3) is 7.71. The molecule has 0 saturated carbocycles. The van der Waals surface area contributed by atoms with Crippen LogP contribution >= 0.6 is 0 Å².